The number of anilines is 3. The molecule has 0 atom stereocenters. The fourth-order valence-corrected chi connectivity index (χ4v) is 8.96. The molecule has 0 saturated heterocycles. The second-order valence-corrected chi connectivity index (χ2v) is 13.6. The van der Waals surface area contributed by atoms with Gasteiger partial charge in [0.15, 0.2) is 0 Å². The summed E-state index contributed by atoms with van der Waals surface area (Å²) in [5.74, 6) is 2.77. The molecule has 5 aromatic carbocycles. The van der Waals surface area contributed by atoms with Gasteiger partial charge in [-0.3, -0.25) is 0 Å². The second kappa shape index (κ2) is 10.9. The smallest absolute Gasteiger partial charge is 0.311 e. The third-order valence-corrected chi connectivity index (χ3v) is 10.7. The van der Waals surface area contributed by atoms with Crippen LogP contribution in [0.1, 0.15) is 49.7 Å². The van der Waals surface area contributed by atoms with Crippen LogP contribution in [0.5, 0.6) is 0 Å². The van der Waals surface area contributed by atoms with Gasteiger partial charge in [-0.25, -0.2) is 0 Å². The van der Waals surface area contributed by atoms with E-state index in [1.54, 1.807) is 12.1 Å². The van der Waals surface area contributed by atoms with Gasteiger partial charge in [0.05, 0.1) is 5.56 Å². The average Bonchev–Trinajstić information content (AvgIpc) is 3.05. The lowest BCUT2D eigenvalue weighted by Gasteiger charge is -2.57. The molecule has 0 radical (unpaired) electrons. The molecule has 4 aliphatic rings. The molecular formula is C41H36F3N. The Hall–Kier alpha value is -4.31. The number of alkyl halides is 3. The van der Waals surface area contributed by atoms with Crippen LogP contribution in [-0.4, -0.2) is 0 Å². The molecule has 4 saturated carbocycles. The molecule has 0 heterocycles. The lowest BCUT2D eigenvalue weighted by atomic mass is 9.48. The molecule has 4 bridgehead atoms. The van der Waals surface area contributed by atoms with Crippen molar-refractivity contribution in [1.82, 2.24) is 0 Å². The fourth-order valence-electron chi connectivity index (χ4n) is 8.96. The van der Waals surface area contributed by atoms with E-state index >= 15 is 0 Å². The lowest BCUT2D eigenvalue weighted by Crippen LogP contribution is -2.48. The Morgan fingerprint density at radius 3 is 1.27 bits per heavy atom. The highest BCUT2D eigenvalue weighted by Gasteiger charge is 2.51. The maximum absolute atomic E-state index is 13.4. The Balaban J connectivity index is 1.09. The van der Waals surface area contributed by atoms with Gasteiger partial charge in [0.1, 0.15) is 0 Å². The molecule has 0 unspecified atom stereocenters. The summed E-state index contributed by atoms with van der Waals surface area (Å²) < 4.78 is 40.1. The number of nitrogens with zero attached hydrogens (tertiary/aromatic N) is 1. The van der Waals surface area contributed by atoms with Crippen LogP contribution in [0.4, 0.5) is 30.2 Å². The molecule has 45 heavy (non-hydrogen) atoms. The molecule has 0 spiro atoms. The molecule has 4 aliphatic carbocycles. The average molecular weight is 600 g/mol. The zero-order valence-electron chi connectivity index (χ0n) is 25.2. The van der Waals surface area contributed by atoms with Crippen LogP contribution < -0.4 is 4.90 Å². The van der Waals surface area contributed by atoms with Crippen LogP contribution in [0, 0.1) is 17.8 Å². The Labute approximate surface area is 263 Å². The highest BCUT2D eigenvalue weighted by atomic mass is 19.4. The number of hydrogen-bond donors (Lipinski definition) is 0. The van der Waals surface area contributed by atoms with Gasteiger partial charge in [-0.1, -0.05) is 78.9 Å². The van der Waals surface area contributed by atoms with E-state index in [-0.39, 0.29) is 0 Å². The van der Waals surface area contributed by atoms with Crippen LogP contribution >= 0.6 is 0 Å². The number of halogens is 3. The van der Waals surface area contributed by atoms with Crippen LogP contribution in [-0.2, 0) is 11.6 Å². The standard InChI is InChI=1S/C41H36F3N/c42-41(43,44)36-14-20-39(21-15-36)45(37-16-8-33(9-17-37)31-4-2-1-3-5-31)38-18-10-34(11-19-38)32-6-12-35(13-7-32)40-25-28-22-29(26-40)24-30(23-28)27-40/h1-21,28-30H,22-27H2. The summed E-state index contributed by atoms with van der Waals surface area (Å²) in [5.41, 5.74) is 8.19. The van der Waals surface area contributed by atoms with Gasteiger partial charge < -0.3 is 4.90 Å². The van der Waals surface area contributed by atoms with Crippen molar-refractivity contribution >= 4 is 17.1 Å². The molecule has 0 aromatic heterocycles. The van der Waals surface area contributed by atoms with Crippen LogP contribution in [0.15, 0.2) is 127 Å². The third-order valence-electron chi connectivity index (χ3n) is 10.7. The molecule has 226 valence electrons. The Kier molecular flexibility index (Phi) is 6.85. The first-order valence-corrected chi connectivity index (χ1v) is 16.2. The molecule has 4 fully saturated rings. The van der Waals surface area contributed by atoms with Gasteiger partial charge in [-0.05, 0) is 138 Å². The molecule has 4 heteroatoms. The van der Waals surface area contributed by atoms with E-state index in [0.717, 1.165) is 58.0 Å². The van der Waals surface area contributed by atoms with Crippen molar-refractivity contribution in [2.45, 2.75) is 50.1 Å². The van der Waals surface area contributed by atoms with Crippen LogP contribution in [0.3, 0.4) is 0 Å². The van der Waals surface area contributed by atoms with Crippen molar-refractivity contribution in [3.05, 3.63) is 139 Å². The van der Waals surface area contributed by atoms with E-state index in [1.165, 1.54) is 49.7 Å². The van der Waals surface area contributed by atoms with Crippen molar-refractivity contribution in [3.63, 3.8) is 0 Å². The predicted molar refractivity (Wildman–Crippen MR) is 177 cm³/mol. The molecule has 0 N–H and O–H groups in total. The summed E-state index contributed by atoms with van der Waals surface area (Å²) in [4.78, 5) is 2.01. The molecule has 1 nitrogen and oxygen atoms in total. The SMILES string of the molecule is FC(F)(F)c1ccc(N(c2ccc(-c3ccccc3)cc2)c2ccc(-c3ccc(C45CC6CC(CC(C6)C4)C5)cc3)cc2)cc1. The van der Waals surface area contributed by atoms with Gasteiger partial charge >= 0.3 is 6.18 Å². The quantitative estimate of drug-likeness (QED) is 0.188. The van der Waals surface area contributed by atoms with Gasteiger partial charge in [-0.2, -0.15) is 13.2 Å². The van der Waals surface area contributed by atoms with E-state index in [2.05, 4.69) is 72.8 Å². The first kappa shape index (κ1) is 28.2. The third kappa shape index (κ3) is 5.35. The highest BCUT2D eigenvalue weighted by molar-refractivity contribution is 5.80. The van der Waals surface area contributed by atoms with E-state index in [4.69, 9.17) is 0 Å². The zero-order chi connectivity index (χ0) is 30.6. The van der Waals surface area contributed by atoms with Crippen LogP contribution in [0.2, 0.25) is 0 Å². The Morgan fingerprint density at radius 2 is 0.844 bits per heavy atom. The molecule has 5 aromatic rings. The normalized spacial score (nSPS) is 23.7. The highest BCUT2D eigenvalue weighted by Crippen LogP contribution is 2.60. The van der Waals surface area contributed by atoms with Crippen LogP contribution in [0.25, 0.3) is 22.3 Å². The number of rotatable bonds is 6. The zero-order valence-corrected chi connectivity index (χ0v) is 25.2. The maximum atomic E-state index is 13.4. The minimum absolute atomic E-state index is 0.384. The van der Waals surface area contributed by atoms with Gasteiger partial charge in [0, 0.05) is 17.1 Å². The van der Waals surface area contributed by atoms with E-state index in [9.17, 15) is 13.2 Å². The summed E-state index contributed by atoms with van der Waals surface area (Å²) in [5, 5.41) is 0. The predicted octanol–water partition coefficient (Wildman–Crippen LogP) is 12.0. The lowest BCUT2D eigenvalue weighted by molar-refractivity contribution is -0.137. The topological polar surface area (TPSA) is 3.24 Å². The summed E-state index contributed by atoms with van der Waals surface area (Å²) in [6.45, 7) is 0. The largest absolute Gasteiger partial charge is 0.416 e. The fraction of sp³-hybridized carbons (Fsp3) is 0.268. The van der Waals surface area contributed by atoms with E-state index < -0.39 is 11.7 Å². The van der Waals surface area contributed by atoms with Gasteiger partial charge in [0.25, 0.3) is 0 Å². The van der Waals surface area contributed by atoms with Crippen molar-refractivity contribution in [2.24, 2.45) is 17.8 Å². The second-order valence-electron chi connectivity index (χ2n) is 13.6. The number of benzene rings is 5. The molecule has 0 amide bonds. The van der Waals surface area contributed by atoms with E-state index in [1.807, 2.05) is 35.2 Å². The Morgan fingerprint density at radius 1 is 0.467 bits per heavy atom. The Bertz CT molecular complexity index is 1740. The van der Waals surface area contributed by atoms with Crippen molar-refractivity contribution in [2.75, 3.05) is 4.90 Å². The molecule has 9 rings (SSSR count). The first-order chi connectivity index (χ1) is 21.8. The van der Waals surface area contributed by atoms with Gasteiger partial charge in [-0.15, -0.1) is 0 Å². The first-order valence-electron chi connectivity index (χ1n) is 16.2. The molecule has 0 aliphatic heterocycles. The van der Waals surface area contributed by atoms with Crippen molar-refractivity contribution in [1.29, 1.82) is 0 Å². The van der Waals surface area contributed by atoms with E-state index in [0.29, 0.717) is 11.1 Å². The minimum atomic E-state index is -4.38. The monoisotopic (exact) mass is 599 g/mol. The minimum Gasteiger partial charge on any atom is -0.311 e. The maximum Gasteiger partial charge on any atom is 0.416 e. The number of hydrogen-bond acceptors (Lipinski definition) is 1. The summed E-state index contributed by atoms with van der Waals surface area (Å²) in [7, 11) is 0. The molecular weight excluding hydrogens is 563 g/mol. The van der Waals surface area contributed by atoms with Crippen molar-refractivity contribution < 1.29 is 13.2 Å². The summed E-state index contributed by atoms with van der Waals surface area (Å²) in [6, 6.07) is 41.4. The van der Waals surface area contributed by atoms with Crippen molar-refractivity contribution in [3.8, 4) is 22.3 Å². The van der Waals surface area contributed by atoms with Gasteiger partial charge in [0.2, 0.25) is 0 Å². The summed E-state index contributed by atoms with van der Waals surface area (Å²) in [6.07, 6.45) is 4.05. The summed E-state index contributed by atoms with van der Waals surface area (Å²) >= 11 is 0.